The van der Waals surface area contributed by atoms with E-state index in [4.69, 9.17) is 0 Å². The van der Waals surface area contributed by atoms with E-state index in [0.717, 1.165) is 11.4 Å². The van der Waals surface area contributed by atoms with Crippen molar-refractivity contribution in [1.82, 2.24) is 9.80 Å². The van der Waals surface area contributed by atoms with E-state index in [-0.39, 0.29) is 23.5 Å². The molecule has 22 heavy (non-hydrogen) atoms. The molecule has 1 atom stereocenters. The Hall–Kier alpha value is -1.18. The minimum Gasteiger partial charge on any atom is -0.334 e. The van der Waals surface area contributed by atoms with Crippen LogP contribution in [0.25, 0.3) is 6.08 Å². The molecule has 0 saturated carbocycles. The fourth-order valence-electron chi connectivity index (χ4n) is 2.44. The number of hydrogen-bond acceptors (Lipinski definition) is 5. The summed E-state index contributed by atoms with van der Waals surface area (Å²) >= 11 is 1.57. The summed E-state index contributed by atoms with van der Waals surface area (Å²) in [5.41, 5.74) is 0. The second kappa shape index (κ2) is 7.39. The van der Waals surface area contributed by atoms with Crippen LogP contribution >= 0.6 is 11.3 Å². The molecule has 1 fully saturated rings. The van der Waals surface area contributed by atoms with E-state index in [1.54, 1.807) is 28.4 Å². The van der Waals surface area contributed by atoms with Crippen molar-refractivity contribution in [2.45, 2.75) is 12.5 Å². The molecule has 0 aromatic carbocycles. The molecule has 1 aromatic rings. The molecule has 0 radical (unpaired) electrons. The standard InChI is InChI=1S/C15H22N2O3S2/c1-16(2)8-9-17(13-7-11-22(19,20)12-13)15(18)6-5-14-4-3-10-21-14/h3-6,10,13H,7-9,11-12H2,1-2H3/b6-5+. The summed E-state index contributed by atoms with van der Waals surface area (Å²) in [6.45, 7) is 1.26. The molecular weight excluding hydrogens is 320 g/mol. The second-order valence-electron chi connectivity index (χ2n) is 5.74. The molecule has 7 heteroatoms. The average molecular weight is 342 g/mol. The summed E-state index contributed by atoms with van der Waals surface area (Å²) in [5.74, 6) is 0.147. The van der Waals surface area contributed by atoms with Crippen molar-refractivity contribution in [2.75, 3.05) is 38.7 Å². The number of likely N-dealkylation sites (N-methyl/N-ethyl adjacent to an activating group) is 1. The van der Waals surface area contributed by atoms with Gasteiger partial charge in [-0.25, -0.2) is 8.42 Å². The van der Waals surface area contributed by atoms with Crippen LogP contribution in [0, 0.1) is 0 Å². The third kappa shape index (κ3) is 4.93. The monoisotopic (exact) mass is 342 g/mol. The van der Waals surface area contributed by atoms with Crippen molar-refractivity contribution >= 4 is 33.2 Å². The quantitative estimate of drug-likeness (QED) is 0.732. The first-order chi connectivity index (χ1) is 10.4. The Morgan fingerprint density at radius 3 is 2.73 bits per heavy atom. The zero-order valence-corrected chi connectivity index (χ0v) is 14.6. The predicted molar refractivity (Wildman–Crippen MR) is 90.7 cm³/mol. The lowest BCUT2D eigenvalue weighted by Crippen LogP contribution is -2.43. The number of carbonyl (C=O) groups excluding carboxylic acids is 1. The van der Waals surface area contributed by atoms with E-state index in [0.29, 0.717) is 13.0 Å². The Kier molecular flexibility index (Phi) is 5.77. The molecule has 5 nitrogen and oxygen atoms in total. The van der Waals surface area contributed by atoms with Crippen molar-refractivity contribution in [1.29, 1.82) is 0 Å². The normalized spacial score (nSPS) is 20.8. The summed E-state index contributed by atoms with van der Waals surface area (Å²) in [4.78, 5) is 17.2. The predicted octanol–water partition coefficient (Wildman–Crippen LogP) is 1.34. The van der Waals surface area contributed by atoms with Crippen LogP contribution in [0.3, 0.4) is 0 Å². The molecule has 1 aliphatic rings. The van der Waals surface area contributed by atoms with Crippen molar-refractivity contribution < 1.29 is 13.2 Å². The van der Waals surface area contributed by atoms with Crippen LogP contribution in [0.4, 0.5) is 0 Å². The van der Waals surface area contributed by atoms with E-state index in [1.807, 2.05) is 36.5 Å². The first kappa shape index (κ1) is 17.2. The largest absolute Gasteiger partial charge is 0.334 e. The van der Waals surface area contributed by atoms with Crippen molar-refractivity contribution in [3.05, 3.63) is 28.5 Å². The van der Waals surface area contributed by atoms with Gasteiger partial charge in [-0.15, -0.1) is 11.3 Å². The Bertz CT molecular complexity index is 621. The summed E-state index contributed by atoms with van der Waals surface area (Å²) in [7, 11) is 0.880. The molecule has 1 saturated heterocycles. The molecule has 2 rings (SSSR count). The van der Waals surface area contributed by atoms with Gasteiger partial charge in [-0.3, -0.25) is 4.79 Å². The molecule has 2 heterocycles. The Morgan fingerprint density at radius 2 is 2.18 bits per heavy atom. The lowest BCUT2D eigenvalue weighted by atomic mass is 10.2. The maximum absolute atomic E-state index is 12.5. The number of hydrogen-bond donors (Lipinski definition) is 0. The van der Waals surface area contributed by atoms with Crippen LogP contribution in [-0.4, -0.2) is 68.9 Å². The van der Waals surface area contributed by atoms with Crippen molar-refractivity contribution in [3.8, 4) is 0 Å². The SMILES string of the molecule is CN(C)CCN(C(=O)/C=C/c1cccs1)C1CCS(=O)(=O)C1. The van der Waals surface area contributed by atoms with Crippen LogP contribution in [0.2, 0.25) is 0 Å². The summed E-state index contributed by atoms with van der Waals surface area (Å²) < 4.78 is 23.4. The average Bonchev–Trinajstić information content (AvgIpc) is 3.06. The number of thiophene rings is 1. The highest BCUT2D eigenvalue weighted by Crippen LogP contribution is 2.19. The van der Waals surface area contributed by atoms with Gasteiger partial charge in [0.1, 0.15) is 0 Å². The molecule has 1 aromatic heterocycles. The van der Waals surface area contributed by atoms with E-state index >= 15 is 0 Å². The topological polar surface area (TPSA) is 57.7 Å². The fraction of sp³-hybridized carbons (Fsp3) is 0.533. The summed E-state index contributed by atoms with van der Waals surface area (Å²) in [5, 5.41) is 1.96. The number of carbonyl (C=O) groups is 1. The Morgan fingerprint density at radius 1 is 1.41 bits per heavy atom. The molecule has 0 bridgehead atoms. The van der Waals surface area contributed by atoms with Gasteiger partial charge in [0.2, 0.25) is 5.91 Å². The zero-order valence-electron chi connectivity index (χ0n) is 12.9. The van der Waals surface area contributed by atoms with Crippen LogP contribution in [0.1, 0.15) is 11.3 Å². The van der Waals surface area contributed by atoms with E-state index < -0.39 is 9.84 Å². The Balaban J connectivity index is 2.07. The van der Waals surface area contributed by atoms with Gasteiger partial charge in [0.05, 0.1) is 11.5 Å². The molecular formula is C15H22N2O3S2. The lowest BCUT2D eigenvalue weighted by Gasteiger charge is -2.28. The van der Waals surface area contributed by atoms with Gasteiger partial charge in [-0.05, 0) is 38.0 Å². The van der Waals surface area contributed by atoms with Crippen LogP contribution < -0.4 is 0 Å². The highest BCUT2D eigenvalue weighted by Gasteiger charge is 2.33. The number of sulfone groups is 1. The lowest BCUT2D eigenvalue weighted by molar-refractivity contribution is -0.127. The third-order valence-corrected chi connectivity index (χ3v) is 6.24. The van der Waals surface area contributed by atoms with Crippen LogP contribution in [0.5, 0.6) is 0 Å². The number of amides is 1. The Labute approximate surface area is 136 Å². The second-order valence-corrected chi connectivity index (χ2v) is 8.95. The van der Waals surface area contributed by atoms with Gasteiger partial charge in [-0.2, -0.15) is 0 Å². The highest BCUT2D eigenvalue weighted by atomic mass is 32.2. The van der Waals surface area contributed by atoms with Gasteiger partial charge >= 0.3 is 0 Å². The maximum Gasteiger partial charge on any atom is 0.246 e. The minimum atomic E-state index is -3.00. The van der Waals surface area contributed by atoms with Crippen molar-refractivity contribution in [2.24, 2.45) is 0 Å². The summed E-state index contributed by atoms with van der Waals surface area (Å²) in [6, 6.07) is 3.67. The van der Waals surface area contributed by atoms with Gasteiger partial charge in [0.15, 0.2) is 9.84 Å². The molecule has 0 aliphatic carbocycles. The first-order valence-electron chi connectivity index (χ1n) is 7.25. The molecule has 0 N–H and O–H groups in total. The number of rotatable bonds is 6. The maximum atomic E-state index is 12.5. The van der Waals surface area contributed by atoms with Gasteiger partial charge in [0, 0.05) is 30.1 Å². The smallest absolute Gasteiger partial charge is 0.246 e. The van der Waals surface area contributed by atoms with E-state index in [1.165, 1.54) is 0 Å². The first-order valence-corrected chi connectivity index (χ1v) is 9.95. The fourth-order valence-corrected chi connectivity index (χ4v) is 4.79. The summed E-state index contributed by atoms with van der Waals surface area (Å²) in [6.07, 6.45) is 3.87. The molecule has 1 unspecified atom stereocenters. The zero-order chi connectivity index (χ0) is 16.2. The van der Waals surface area contributed by atoms with Crippen molar-refractivity contribution in [3.63, 3.8) is 0 Å². The van der Waals surface area contributed by atoms with Gasteiger partial charge < -0.3 is 9.80 Å². The van der Waals surface area contributed by atoms with Crippen LogP contribution in [-0.2, 0) is 14.6 Å². The third-order valence-electron chi connectivity index (χ3n) is 3.65. The highest BCUT2D eigenvalue weighted by molar-refractivity contribution is 7.91. The van der Waals surface area contributed by atoms with Gasteiger partial charge in [-0.1, -0.05) is 6.07 Å². The van der Waals surface area contributed by atoms with Gasteiger partial charge in [0.25, 0.3) is 0 Å². The molecule has 1 aliphatic heterocycles. The van der Waals surface area contributed by atoms with E-state index in [2.05, 4.69) is 0 Å². The molecule has 0 spiro atoms. The van der Waals surface area contributed by atoms with E-state index in [9.17, 15) is 13.2 Å². The number of nitrogens with zero attached hydrogens (tertiary/aromatic N) is 2. The molecule has 1 amide bonds. The minimum absolute atomic E-state index is 0.0824. The molecule has 122 valence electrons. The van der Waals surface area contributed by atoms with Crippen LogP contribution in [0.15, 0.2) is 23.6 Å².